The molecule has 0 aliphatic rings. The first kappa shape index (κ1) is 10.6. The van der Waals surface area contributed by atoms with Gasteiger partial charge in [-0.3, -0.25) is 0 Å². The summed E-state index contributed by atoms with van der Waals surface area (Å²) in [6.45, 7) is 4.08. The molecule has 0 saturated heterocycles. The van der Waals surface area contributed by atoms with Gasteiger partial charge in [0, 0.05) is 6.42 Å². The summed E-state index contributed by atoms with van der Waals surface area (Å²) in [7, 11) is 1.64. The van der Waals surface area contributed by atoms with Crippen LogP contribution >= 0.6 is 11.6 Å². The van der Waals surface area contributed by atoms with E-state index >= 15 is 0 Å². The van der Waals surface area contributed by atoms with Crippen LogP contribution in [0.1, 0.15) is 26.7 Å². The molecule has 0 saturated carbocycles. The molecule has 0 atom stereocenters. The predicted molar refractivity (Wildman–Crippen MR) is 49.6 cm³/mol. The zero-order valence-electron chi connectivity index (χ0n) is 7.36. The summed E-state index contributed by atoms with van der Waals surface area (Å²) in [4.78, 5) is 0. The second kappa shape index (κ2) is 6.29. The van der Waals surface area contributed by atoms with Crippen LogP contribution in [0.5, 0.6) is 0 Å². The average Bonchev–Trinajstić information content (AvgIpc) is 2.03. The average molecular weight is 175 g/mol. The number of hydrogen-bond acceptors (Lipinski definition) is 1. The Labute approximate surface area is 73.7 Å². The summed E-state index contributed by atoms with van der Waals surface area (Å²) in [5.74, 6) is 0.844. The summed E-state index contributed by atoms with van der Waals surface area (Å²) in [6.07, 6.45) is 5.72. The Morgan fingerprint density at radius 3 is 2.45 bits per heavy atom. The molecular weight excluding hydrogens is 160 g/mol. The van der Waals surface area contributed by atoms with E-state index in [1.54, 1.807) is 7.11 Å². The Balaban J connectivity index is 4.22. The molecule has 0 bridgehead atoms. The molecule has 0 fully saturated rings. The van der Waals surface area contributed by atoms with Gasteiger partial charge in [-0.1, -0.05) is 31.5 Å². The molecule has 0 spiro atoms. The highest BCUT2D eigenvalue weighted by atomic mass is 35.5. The zero-order chi connectivity index (χ0) is 8.69. The van der Waals surface area contributed by atoms with Crippen LogP contribution in [0.3, 0.4) is 0 Å². The van der Waals surface area contributed by atoms with E-state index in [2.05, 4.69) is 6.92 Å². The highest BCUT2D eigenvalue weighted by molar-refractivity contribution is 6.31. The summed E-state index contributed by atoms with van der Waals surface area (Å²) in [6, 6.07) is 0. The van der Waals surface area contributed by atoms with Gasteiger partial charge in [0.15, 0.2) is 0 Å². The molecule has 0 aromatic rings. The van der Waals surface area contributed by atoms with Crippen molar-refractivity contribution in [3.63, 3.8) is 0 Å². The molecule has 0 N–H and O–H groups in total. The molecule has 64 valence electrons. The molecule has 1 nitrogen and oxygen atoms in total. The zero-order valence-corrected chi connectivity index (χ0v) is 8.11. The minimum Gasteiger partial charge on any atom is -0.500 e. The van der Waals surface area contributed by atoms with Gasteiger partial charge in [-0.05, 0) is 12.5 Å². The SMILES string of the molecule is CC/C=C\C(Cl)=C(/CC)OC. The lowest BCUT2D eigenvalue weighted by Gasteiger charge is -2.02. The minimum absolute atomic E-state index is 0.705. The third-order valence-electron chi connectivity index (χ3n) is 1.33. The summed E-state index contributed by atoms with van der Waals surface area (Å²) < 4.78 is 5.05. The molecule has 0 aliphatic heterocycles. The monoisotopic (exact) mass is 174 g/mol. The van der Waals surface area contributed by atoms with E-state index in [0.717, 1.165) is 18.6 Å². The number of ether oxygens (including phenoxy) is 1. The maximum atomic E-state index is 5.89. The van der Waals surface area contributed by atoms with E-state index in [1.807, 2.05) is 19.1 Å². The number of allylic oxidation sites excluding steroid dienone is 4. The second-order valence-electron chi connectivity index (χ2n) is 2.14. The number of methoxy groups -OCH3 is 1. The van der Waals surface area contributed by atoms with E-state index in [9.17, 15) is 0 Å². The van der Waals surface area contributed by atoms with Crippen LogP contribution in [0.25, 0.3) is 0 Å². The highest BCUT2D eigenvalue weighted by Crippen LogP contribution is 2.14. The van der Waals surface area contributed by atoms with Crippen LogP contribution in [0, 0.1) is 0 Å². The molecule has 0 amide bonds. The van der Waals surface area contributed by atoms with Crippen molar-refractivity contribution in [2.75, 3.05) is 7.11 Å². The van der Waals surface area contributed by atoms with Crippen molar-refractivity contribution in [2.45, 2.75) is 26.7 Å². The van der Waals surface area contributed by atoms with Crippen molar-refractivity contribution in [2.24, 2.45) is 0 Å². The van der Waals surface area contributed by atoms with Gasteiger partial charge in [0.05, 0.1) is 12.1 Å². The largest absolute Gasteiger partial charge is 0.500 e. The predicted octanol–water partition coefficient (Wildman–Crippen LogP) is 3.46. The number of rotatable bonds is 4. The fraction of sp³-hybridized carbons (Fsp3) is 0.556. The molecule has 0 rings (SSSR count). The van der Waals surface area contributed by atoms with Crippen LogP contribution in [-0.4, -0.2) is 7.11 Å². The Kier molecular flexibility index (Phi) is 6.05. The summed E-state index contributed by atoms with van der Waals surface area (Å²) >= 11 is 5.89. The van der Waals surface area contributed by atoms with Gasteiger partial charge in [-0.25, -0.2) is 0 Å². The Bertz CT molecular complexity index is 153. The molecule has 2 heteroatoms. The first-order chi connectivity index (χ1) is 5.26. The van der Waals surface area contributed by atoms with Crippen molar-refractivity contribution < 1.29 is 4.74 Å². The molecule has 0 aromatic heterocycles. The van der Waals surface area contributed by atoms with Crippen LogP contribution < -0.4 is 0 Å². The van der Waals surface area contributed by atoms with Crippen molar-refractivity contribution in [3.05, 3.63) is 22.9 Å². The van der Waals surface area contributed by atoms with Crippen molar-refractivity contribution in [1.29, 1.82) is 0 Å². The van der Waals surface area contributed by atoms with Gasteiger partial charge < -0.3 is 4.74 Å². The first-order valence-electron chi connectivity index (χ1n) is 3.85. The molecular formula is C9H15ClO. The van der Waals surface area contributed by atoms with Gasteiger partial charge >= 0.3 is 0 Å². The molecule has 0 aliphatic carbocycles. The van der Waals surface area contributed by atoms with Crippen molar-refractivity contribution >= 4 is 11.6 Å². The maximum absolute atomic E-state index is 5.89. The third-order valence-corrected chi connectivity index (χ3v) is 1.67. The summed E-state index contributed by atoms with van der Waals surface area (Å²) in [5, 5.41) is 0.705. The van der Waals surface area contributed by atoms with E-state index < -0.39 is 0 Å². The smallest absolute Gasteiger partial charge is 0.114 e. The standard InChI is InChI=1S/C9H15ClO/c1-4-6-7-8(10)9(5-2)11-3/h6-7H,4-5H2,1-3H3/b7-6-,9-8-. The molecule has 0 aromatic carbocycles. The maximum Gasteiger partial charge on any atom is 0.114 e. The quantitative estimate of drug-likeness (QED) is 0.469. The topological polar surface area (TPSA) is 9.23 Å². The molecule has 11 heavy (non-hydrogen) atoms. The van der Waals surface area contributed by atoms with Gasteiger partial charge in [-0.15, -0.1) is 0 Å². The van der Waals surface area contributed by atoms with E-state index in [0.29, 0.717) is 5.03 Å². The lowest BCUT2D eigenvalue weighted by atomic mass is 10.3. The van der Waals surface area contributed by atoms with Gasteiger partial charge in [0.25, 0.3) is 0 Å². The van der Waals surface area contributed by atoms with Crippen molar-refractivity contribution in [1.82, 2.24) is 0 Å². The fourth-order valence-electron chi connectivity index (χ4n) is 0.725. The second-order valence-corrected chi connectivity index (χ2v) is 2.55. The van der Waals surface area contributed by atoms with E-state index in [-0.39, 0.29) is 0 Å². The molecule has 0 heterocycles. The normalized spacial score (nSPS) is 13.5. The fourth-order valence-corrected chi connectivity index (χ4v) is 1.02. The number of halogens is 1. The Morgan fingerprint density at radius 2 is 2.09 bits per heavy atom. The van der Waals surface area contributed by atoms with Gasteiger partial charge in [0.2, 0.25) is 0 Å². The Hall–Kier alpha value is -0.430. The third kappa shape index (κ3) is 4.10. The highest BCUT2D eigenvalue weighted by Gasteiger charge is 1.96. The lowest BCUT2D eigenvalue weighted by Crippen LogP contribution is -1.85. The van der Waals surface area contributed by atoms with Gasteiger partial charge in [0.1, 0.15) is 5.76 Å². The minimum atomic E-state index is 0.705. The number of hydrogen-bond donors (Lipinski definition) is 0. The van der Waals surface area contributed by atoms with E-state index in [1.165, 1.54) is 0 Å². The summed E-state index contributed by atoms with van der Waals surface area (Å²) in [5.41, 5.74) is 0. The van der Waals surface area contributed by atoms with Crippen LogP contribution in [0.2, 0.25) is 0 Å². The first-order valence-corrected chi connectivity index (χ1v) is 4.23. The van der Waals surface area contributed by atoms with Crippen LogP contribution in [0.4, 0.5) is 0 Å². The molecule has 0 unspecified atom stereocenters. The Morgan fingerprint density at radius 1 is 1.45 bits per heavy atom. The van der Waals surface area contributed by atoms with Crippen LogP contribution in [-0.2, 0) is 4.74 Å². The van der Waals surface area contributed by atoms with E-state index in [4.69, 9.17) is 16.3 Å². The molecule has 0 radical (unpaired) electrons. The van der Waals surface area contributed by atoms with Gasteiger partial charge in [-0.2, -0.15) is 0 Å². The lowest BCUT2D eigenvalue weighted by molar-refractivity contribution is 0.279. The van der Waals surface area contributed by atoms with Crippen LogP contribution in [0.15, 0.2) is 22.9 Å². The van der Waals surface area contributed by atoms with Crippen molar-refractivity contribution in [3.8, 4) is 0 Å².